The second-order valence-corrected chi connectivity index (χ2v) is 9.50. The van der Waals surface area contributed by atoms with Crippen molar-refractivity contribution in [3.8, 4) is 0 Å². The zero-order valence-electron chi connectivity index (χ0n) is 19.0. The molecule has 11 heteroatoms. The number of benzene rings is 2. The molecule has 0 bridgehead atoms. The summed E-state index contributed by atoms with van der Waals surface area (Å²) in [5, 5.41) is 2.60. The minimum atomic E-state index is -4.28. The van der Waals surface area contributed by atoms with E-state index in [0.29, 0.717) is 10.8 Å². The van der Waals surface area contributed by atoms with Crippen molar-refractivity contribution < 1.29 is 26.8 Å². The highest BCUT2D eigenvalue weighted by atomic mass is 32.2. The topological polar surface area (TPSA) is 90.0 Å². The van der Waals surface area contributed by atoms with Crippen molar-refractivity contribution in [1.29, 1.82) is 0 Å². The van der Waals surface area contributed by atoms with Crippen LogP contribution < -0.4 is 9.62 Å². The van der Waals surface area contributed by atoms with E-state index in [1.807, 2.05) is 0 Å². The van der Waals surface area contributed by atoms with Gasteiger partial charge in [-0.25, -0.2) is 13.1 Å². The van der Waals surface area contributed by atoms with Crippen LogP contribution >= 0.6 is 0 Å². The van der Waals surface area contributed by atoms with Gasteiger partial charge in [0, 0.05) is 32.7 Å². The smallest absolute Gasteiger partial charge is 0.304 e. The Balaban J connectivity index is 2.48. The Hall–Kier alpha value is -3.05. The highest BCUT2D eigenvalue weighted by molar-refractivity contribution is 7.90. The van der Waals surface area contributed by atoms with E-state index in [-0.39, 0.29) is 17.8 Å². The van der Waals surface area contributed by atoms with E-state index in [9.17, 15) is 26.8 Å². The van der Waals surface area contributed by atoms with Gasteiger partial charge in [0.25, 0.3) is 0 Å². The second kappa shape index (κ2) is 11.2. The molecule has 1 atom stereocenters. The van der Waals surface area contributed by atoms with Gasteiger partial charge in [0.05, 0.1) is 5.69 Å². The van der Waals surface area contributed by atoms with Crippen molar-refractivity contribution in [3.63, 3.8) is 0 Å². The fourth-order valence-corrected chi connectivity index (χ4v) is 4.13. The summed E-state index contributed by atoms with van der Waals surface area (Å²) in [4.78, 5) is 26.9. The number of carbonyl (C=O) groups excluding carboxylic acids is 2. The van der Waals surface area contributed by atoms with Gasteiger partial charge < -0.3 is 10.2 Å². The standard InChI is InChI=1S/C22H28F2N4O4S/c1-5-25-22(30)16(2)27(14-17-10-6-7-11-18(17)23)21(29)15-28(33(31,32)26(3)4)20-13-9-8-12-19(20)24/h6-13,16H,5,14-15H2,1-4H3,(H,25,30)/t16-/m1/s1. The maximum Gasteiger partial charge on any atom is 0.304 e. The van der Waals surface area contributed by atoms with Crippen molar-refractivity contribution in [2.24, 2.45) is 0 Å². The minimum Gasteiger partial charge on any atom is -0.355 e. The van der Waals surface area contributed by atoms with Crippen molar-refractivity contribution in [2.75, 3.05) is 31.5 Å². The summed E-state index contributed by atoms with van der Waals surface area (Å²) in [6, 6.07) is 9.86. The molecule has 33 heavy (non-hydrogen) atoms. The van der Waals surface area contributed by atoms with E-state index in [2.05, 4.69) is 5.32 Å². The second-order valence-electron chi connectivity index (χ2n) is 7.43. The number of carbonyl (C=O) groups is 2. The third-order valence-corrected chi connectivity index (χ3v) is 6.76. The third kappa shape index (κ3) is 6.26. The average Bonchev–Trinajstić information content (AvgIpc) is 2.76. The average molecular weight is 483 g/mol. The fourth-order valence-electron chi connectivity index (χ4n) is 3.07. The quantitative estimate of drug-likeness (QED) is 0.562. The molecule has 0 aromatic heterocycles. The summed E-state index contributed by atoms with van der Waals surface area (Å²) < 4.78 is 56.2. The number of nitrogens with one attached hydrogen (secondary N) is 1. The van der Waals surface area contributed by atoms with Crippen molar-refractivity contribution in [3.05, 3.63) is 65.7 Å². The SMILES string of the molecule is CCNC(=O)[C@@H](C)N(Cc1ccccc1F)C(=O)CN(c1ccccc1F)S(=O)(=O)N(C)C. The molecule has 0 unspecified atom stereocenters. The molecule has 0 aliphatic heterocycles. The fraction of sp³-hybridized carbons (Fsp3) is 0.364. The Kier molecular flexibility index (Phi) is 8.89. The summed E-state index contributed by atoms with van der Waals surface area (Å²) in [5.74, 6) is -2.71. The molecule has 2 amide bonds. The molecule has 0 aliphatic carbocycles. The zero-order valence-corrected chi connectivity index (χ0v) is 19.8. The van der Waals surface area contributed by atoms with Gasteiger partial charge in [-0.05, 0) is 32.0 Å². The van der Waals surface area contributed by atoms with Crippen LogP contribution in [0.2, 0.25) is 0 Å². The Morgan fingerprint density at radius 2 is 1.58 bits per heavy atom. The van der Waals surface area contributed by atoms with Crippen LogP contribution in [-0.2, 0) is 26.3 Å². The summed E-state index contributed by atoms with van der Waals surface area (Å²) >= 11 is 0. The Bertz CT molecular complexity index is 1100. The Labute approximate surface area is 193 Å². The largest absolute Gasteiger partial charge is 0.355 e. The molecule has 2 aromatic rings. The van der Waals surface area contributed by atoms with E-state index in [1.165, 1.54) is 57.4 Å². The molecule has 2 rings (SSSR count). The first-order chi connectivity index (χ1) is 15.5. The van der Waals surface area contributed by atoms with E-state index in [1.54, 1.807) is 13.0 Å². The molecule has 0 radical (unpaired) electrons. The van der Waals surface area contributed by atoms with Gasteiger partial charge in [-0.2, -0.15) is 12.7 Å². The molecule has 0 saturated heterocycles. The molecule has 0 aliphatic rings. The summed E-state index contributed by atoms with van der Waals surface area (Å²) in [6.45, 7) is 2.40. The number of hydrogen-bond acceptors (Lipinski definition) is 4. The first-order valence-electron chi connectivity index (χ1n) is 10.3. The number of halogens is 2. The van der Waals surface area contributed by atoms with Gasteiger partial charge in [0.15, 0.2) is 0 Å². The number of nitrogens with zero attached hydrogens (tertiary/aromatic N) is 3. The normalized spacial score (nSPS) is 12.3. The van der Waals surface area contributed by atoms with Gasteiger partial charge in [0.2, 0.25) is 11.8 Å². The third-order valence-electron chi connectivity index (χ3n) is 4.96. The summed E-state index contributed by atoms with van der Waals surface area (Å²) in [5.41, 5.74) is -0.175. The maximum absolute atomic E-state index is 14.5. The minimum absolute atomic E-state index is 0.148. The van der Waals surface area contributed by atoms with Crippen LogP contribution in [-0.4, -0.2) is 62.7 Å². The van der Waals surface area contributed by atoms with Crippen molar-refractivity contribution in [1.82, 2.24) is 14.5 Å². The zero-order chi connectivity index (χ0) is 24.8. The Morgan fingerprint density at radius 3 is 2.12 bits per heavy atom. The number of hydrogen-bond donors (Lipinski definition) is 1. The lowest BCUT2D eigenvalue weighted by atomic mass is 10.1. The molecule has 0 fully saturated rings. The van der Waals surface area contributed by atoms with E-state index >= 15 is 0 Å². The van der Waals surface area contributed by atoms with E-state index < -0.39 is 46.2 Å². The summed E-state index contributed by atoms with van der Waals surface area (Å²) in [7, 11) is -1.77. The lowest BCUT2D eigenvalue weighted by Crippen LogP contribution is -2.52. The van der Waals surface area contributed by atoms with Crippen LogP contribution in [0.15, 0.2) is 48.5 Å². The molecular weight excluding hydrogens is 454 g/mol. The summed E-state index contributed by atoms with van der Waals surface area (Å²) in [6.07, 6.45) is 0. The molecule has 180 valence electrons. The number of amides is 2. The van der Waals surface area contributed by atoms with Crippen LogP contribution in [0.5, 0.6) is 0 Å². The lowest BCUT2D eigenvalue weighted by molar-refractivity contribution is -0.139. The van der Waals surface area contributed by atoms with Gasteiger partial charge >= 0.3 is 10.2 Å². The predicted molar refractivity (Wildman–Crippen MR) is 121 cm³/mol. The molecule has 2 aromatic carbocycles. The van der Waals surface area contributed by atoms with E-state index in [0.717, 1.165) is 15.3 Å². The lowest BCUT2D eigenvalue weighted by Gasteiger charge is -2.32. The van der Waals surface area contributed by atoms with Gasteiger partial charge in [-0.3, -0.25) is 9.59 Å². The number of likely N-dealkylation sites (N-methyl/N-ethyl adjacent to an activating group) is 1. The van der Waals surface area contributed by atoms with Crippen LogP contribution in [0, 0.1) is 11.6 Å². The number of anilines is 1. The van der Waals surface area contributed by atoms with Crippen molar-refractivity contribution in [2.45, 2.75) is 26.4 Å². The highest BCUT2D eigenvalue weighted by Gasteiger charge is 2.33. The molecule has 8 nitrogen and oxygen atoms in total. The monoisotopic (exact) mass is 482 g/mol. The number of rotatable bonds is 10. The first kappa shape index (κ1) is 26.2. The van der Waals surface area contributed by atoms with E-state index in [4.69, 9.17) is 0 Å². The van der Waals surface area contributed by atoms with Crippen LogP contribution in [0.4, 0.5) is 14.5 Å². The molecule has 0 spiro atoms. The van der Waals surface area contributed by atoms with Gasteiger partial charge in [-0.15, -0.1) is 0 Å². The molecular formula is C22H28F2N4O4S. The molecule has 1 N–H and O–H groups in total. The van der Waals surface area contributed by atoms with Crippen LogP contribution in [0.3, 0.4) is 0 Å². The Morgan fingerprint density at radius 1 is 1.00 bits per heavy atom. The first-order valence-corrected chi connectivity index (χ1v) is 11.7. The van der Waals surface area contributed by atoms with Crippen LogP contribution in [0.25, 0.3) is 0 Å². The molecule has 0 heterocycles. The predicted octanol–water partition coefficient (Wildman–Crippen LogP) is 2.13. The van der Waals surface area contributed by atoms with Gasteiger partial charge in [0.1, 0.15) is 24.2 Å². The highest BCUT2D eigenvalue weighted by Crippen LogP contribution is 2.24. The molecule has 0 saturated carbocycles. The van der Waals surface area contributed by atoms with Crippen molar-refractivity contribution >= 4 is 27.7 Å². The van der Waals surface area contributed by atoms with Crippen LogP contribution in [0.1, 0.15) is 19.4 Å². The number of para-hydroxylation sites is 1. The maximum atomic E-state index is 14.5. The van der Waals surface area contributed by atoms with Gasteiger partial charge in [-0.1, -0.05) is 30.3 Å².